The van der Waals surface area contributed by atoms with Crippen LogP contribution in [0.1, 0.15) is 238 Å². The van der Waals surface area contributed by atoms with Crippen LogP contribution in [-0.2, 0) is 12.8 Å². The van der Waals surface area contributed by atoms with Crippen molar-refractivity contribution < 1.29 is 0 Å². The summed E-state index contributed by atoms with van der Waals surface area (Å²) < 4.78 is 0. The maximum Gasteiger partial charge on any atom is 0.0665 e. The lowest BCUT2D eigenvalue weighted by molar-refractivity contribution is 0.566. The summed E-state index contributed by atoms with van der Waals surface area (Å²) in [5, 5.41) is 0. The van der Waals surface area contributed by atoms with Gasteiger partial charge in [-0.15, -0.1) is 0 Å². The second-order valence-electron chi connectivity index (χ2n) is 16.9. The van der Waals surface area contributed by atoms with Gasteiger partial charge < -0.3 is 0 Å². The molecule has 0 atom stereocenters. The number of unbranched alkanes of at least 4 members (excludes halogenated alkanes) is 23. The zero-order valence-electron chi connectivity index (χ0n) is 38.2. The standard InChI is InChI=1S/C55H90N2/c1-5-9-13-15-17-19-21-23-25-27-29-31-33-36-42-50-44-38-40-47-52(50)56-54(46-12-8-4)55(49-35-11-7-3)57-53-48-41-39-45-51(53)43-37-34-32-30-28-26-24-22-20-18-16-14-10-6-2/h29-32,38-41,44-45,47-48H,5-28,33-37,42-43,46,49H2,1-4H3/b31-29+,32-30+,56-54?,57-55?. The molecule has 2 aromatic rings. The average Bonchev–Trinajstić information content (AvgIpc) is 3.23. The molecule has 0 bridgehead atoms. The molecule has 2 rings (SSSR count). The van der Waals surface area contributed by atoms with E-state index in [1.165, 1.54) is 183 Å². The summed E-state index contributed by atoms with van der Waals surface area (Å²) in [6.07, 6.45) is 52.1. The van der Waals surface area contributed by atoms with Gasteiger partial charge in [-0.3, -0.25) is 9.98 Å². The molecular weight excluding hydrogens is 689 g/mol. The third kappa shape index (κ3) is 26.8. The summed E-state index contributed by atoms with van der Waals surface area (Å²) in [6.45, 7) is 9.19. The van der Waals surface area contributed by atoms with Crippen molar-refractivity contribution >= 4 is 22.8 Å². The van der Waals surface area contributed by atoms with E-state index in [2.05, 4.69) is 101 Å². The molecule has 0 spiro atoms. The molecule has 0 saturated carbocycles. The van der Waals surface area contributed by atoms with Gasteiger partial charge in [-0.05, 0) is 113 Å². The molecule has 0 aromatic heterocycles. The number of nitrogens with zero attached hydrogens (tertiary/aromatic N) is 2. The smallest absolute Gasteiger partial charge is 0.0665 e. The van der Waals surface area contributed by atoms with Gasteiger partial charge in [-0.25, -0.2) is 0 Å². The minimum Gasteiger partial charge on any atom is -0.251 e. The van der Waals surface area contributed by atoms with E-state index in [0.717, 1.165) is 62.7 Å². The van der Waals surface area contributed by atoms with Gasteiger partial charge in [0.05, 0.1) is 22.8 Å². The predicted molar refractivity (Wildman–Crippen MR) is 259 cm³/mol. The quantitative estimate of drug-likeness (QED) is 0.0368. The van der Waals surface area contributed by atoms with Crippen molar-refractivity contribution in [2.24, 2.45) is 9.98 Å². The molecule has 0 radical (unpaired) electrons. The molecule has 0 aliphatic carbocycles. The Bertz CT molecular complexity index is 1330. The summed E-state index contributed by atoms with van der Waals surface area (Å²) in [7, 11) is 0. The van der Waals surface area contributed by atoms with Crippen LogP contribution in [-0.4, -0.2) is 11.4 Å². The second kappa shape index (κ2) is 37.5. The number of hydrogen-bond acceptors (Lipinski definition) is 2. The third-order valence-corrected chi connectivity index (χ3v) is 11.5. The lowest BCUT2D eigenvalue weighted by Crippen LogP contribution is -2.15. The summed E-state index contributed by atoms with van der Waals surface area (Å²) in [5.74, 6) is 0. The number of hydrogen-bond donors (Lipinski definition) is 0. The molecule has 2 nitrogen and oxygen atoms in total. The van der Waals surface area contributed by atoms with E-state index in [1.807, 2.05) is 0 Å². The second-order valence-corrected chi connectivity index (χ2v) is 16.9. The van der Waals surface area contributed by atoms with Crippen molar-refractivity contribution in [2.75, 3.05) is 0 Å². The van der Waals surface area contributed by atoms with Crippen molar-refractivity contribution in [3.8, 4) is 0 Å². The van der Waals surface area contributed by atoms with Crippen LogP contribution in [0.5, 0.6) is 0 Å². The molecule has 320 valence electrons. The average molecular weight is 779 g/mol. The van der Waals surface area contributed by atoms with E-state index in [0.29, 0.717) is 0 Å². The molecule has 2 aromatic carbocycles. The molecular formula is C55H90N2. The normalized spacial score (nSPS) is 12.5. The number of allylic oxidation sites excluding steroid dienone is 4. The monoisotopic (exact) mass is 779 g/mol. The number of para-hydroxylation sites is 2. The van der Waals surface area contributed by atoms with Crippen LogP contribution in [0.4, 0.5) is 11.4 Å². The highest BCUT2D eigenvalue weighted by Gasteiger charge is 2.13. The van der Waals surface area contributed by atoms with Gasteiger partial charge in [0.1, 0.15) is 0 Å². The highest BCUT2D eigenvalue weighted by atomic mass is 14.8. The zero-order valence-corrected chi connectivity index (χ0v) is 38.2. The fourth-order valence-corrected chi connectivity index (χ4v) is 7.81. The molecule has 2 heteroatoms. The summed E-state index contributed by atoms with van der Waals surface area (Å²) in [6, 6.07) is 17.8. The van der Waals surface area contributed by atoms with Crippen LogP contribution in [0.3, 0.4) is 0 Å². The van der Waals surface area contributed by atoms with Gasteiger partial charge in [0.2, 0.25) is 0 Å². The summed E-state index contributed by atoms with van der Waals surface area (Å²) in [4.78, 5) is 11.0. The van der Waals surface area contributed by atoms with Crippen molar-refractivity contribution in [2.45, 2.75) is 240 Å². The Morgan fingerprint density at radius 3 is 1.07 bits per heavy atom. The molecule has 0 heterocycles. The Kier molecular flexibility index (Phi) is 33.2. The van der Waals surface area contributed by atoms with Crippen LogP contribution in [0.25, 0.3) is 0 Å². The minimum absolute atomic E-state index is 0.989. The molecule has 0 aliphatic rings. The van der Waals surface area contributed by atoms with Gasteiger partial charge in [0.25, 0.3) is 0 Å². The van der Waals surface area contributed by atoms with Gasteiger partial charge in [0.15, 0.2) is 0 Å². The lowest BCUT2D eigenvalue weighted by atomic mass is 10.0. The Labute approximate surface area is 355 Å². The predicted octanol–water partition coefficient (Wildman–Crippen LogP) is 18.9. The fraction of sp³-hybridized carbons (Fsp3) is 0.673. The Morgan fingerprint density at radius 2 is 0.667 bits per heavy atom. The molecule has 0 fully saturated rings. The summed E-state index contributed by atoms with van der Waals surface area (Å²) in [5.41, 5.74) is 7.45. The van der Waals surface area contributed by atoms with Gasteiger partial charge in [-0.2, -0.15) is 0 Å². The van der Waals surface area contributed by atoms with Gasteiger partial charge in [0, 0.05) is 0 Å². The van der Waals surface area contributed by atoms with E-state index in [-0.39, 0.29) is 0 Å². The maximum atomic E-state index is 5.49. The topological polar surface area (TPSA) is 24.7 Å². The van der Waals surface area contributed by atoms with E-state index in [9.17, 15) is 0 Å². The number of aliphatic imine (C=N–C) groups is 2. The first kappa shape index (κ1) is 50.4. The SMILES string of the molecule is CCCCCCCCCCC/C=C/CCCc1ccccc1N=C(CCCC)C(CCCCC)=Nc1ccccc1CCC/C=C/CCCCCCCCCCC. The number of rotatable bonds is 38. The van der Waals surface area contributed by atoms with Crippen molar-refractivity contribution in [3.05, 3.63) is 84.0 Å². The molecule has 0 aliphatic heterocycles. The fourth-order valence-electron chi connectivity index (χ4n) is 7.81. The Morgan fingerprint density at radius 1 is 0.351 bits per heavy atom. The van der Waals surface area contributed by atoms with Crippen molar-refractivity contribution in [3.63, 3.8) is 0 Å². The Balaban J connectivity index is 1.99. The summed E-state index contributed by atoms with van der Waals surface area (Å²) >= 11 is 0. The lowest BCUT2D eigenvalue weighted by Gasteiger charge is -2.14. The largest absolute Gasteiger partial charge is 0.251 e. The van der Waals surface area contributed by atoms with Crippen LogP contribution < -0.4 is 0 Å². The van der Waals surface area contributed by atoms with E-state index in [1.54, 1.807) is 0 Å². The highest BCUT2D eigenvalue weighted by Crippen LogP contribution is 2.26. The van der Waals surface area contributed by atoms with E-state index < -0.39 is 0 Å². The molecule has 0 amide bonds. The number of benzene rings is 2. The maximum absolute atomic E-state index is 5.49. The Hall–Kier alpha value is -2.74. The molecule has 0 unspecified atom stereocenters. The molecule has 0 N–H and O–H groups in total. The molecule has 57 heavy (non-hydrogen) atoms. The first-order chi connectivity index (χ1) is 28.2. The zero-order chi connectivity index (χ0) is 40.7. The van der Waals surface area contributed by atoms with Crippen LogP contribution in [0, 0.1) is 0 Å². The first-order valence-electron chi connectivity index (χ1n) is 24.8. The van der Waals surface area contributed by atoms with Crippen molar-refractivity contribution in [1.82, 2.24) is 0 Å². The van der Waals surface area contributed by atoms with Gasteiger partial charge >= 0.3 is 0 Å². The minimum atomic E-state index is 0.989. The third-order valence-electron chi connectivity index (χ3n) is 11.5. The highest BCUT2D eigenvalue weighted by molar-refractivity contribution is 6.43. The first-order valence-corrected chi connectivity index (χ1v) is 24.8. The van der Waals surface area contributed by atoms with Gasteiger partial charge in [-0.1, -0.05) is 210 Å². The number of aryl methyl sites for hydroxylation is 2. The van der Waals surface area contributed by atoms with Crippen molar-refractivity contribution in [1.29, 1.82) is 0 Å². The molecule has 0 saturated heterocycles. The van der Waals surface area contributed by atoms with E-state index >= 15 is 0 Å². The van der Waals surface area contributed by atoms with Crippen LogP contribution in [0.15, 0.2) is 82.8 Å². The van der Waals surface area contributed by atoms with Crippen LogP contribution >= 0.6 is 0 Å². The van der Waals surface area contributed by atoms with Crippen LogP contribution in [0.2, 0.25) is 0 Å². The van der Waals surface area contributed by atoms with E-state index in [4.69, 9.17) is 9.98 Å².